The van der Waals surface area contributed by atoms with E-state index in [-0.39, 0.29) is 11.5 Å². The molecule has 3 heterocycles. The van der Waals surface area contributed by atoms with Crippen LogP contribution >= 0.6 is 11.6 Å². The highest BCUT2D eigenvalue weighted by molar-refractivity contribution is 6.32. The smallest absolute Gasteiger partial charge is 0.261 e. The second kappa shape index (κ2) is 13.2. The summed E-state index contributed by atoms with van der Waals surface area (Å²) >= 11 is 6.74. The molecule has 0 bridgehead atoms. The number of rotatable bonds is 9. The van der Waals surface area contributed by atoms with E-state index in [0.717, 1.165) is 48.9 Å². The number of amides is 1. The number of hydrogen-bond donors (Lipinski definition) is 1. The van der Waals surface area contributed by atoms with Gasteiger partial charge in [-0.15, -0.1) is 6.42 Å². The van der Waals surface area contributed by atoms with Crippen molar-refractivity contribution in [2.45, 2.75) is 19.6 Å². The summed E-state index contributed by atoms with van der Waals surface area (Å²) in [5.41, 5.74) is 3.39. The Labute approximate surface area is 250 Å². The molecule has 0 aliphatic carbocycles. The van der Waals surface area contributed by atoms with Crippen molar-refractivity contribution >= 4 is 34.1 Å². The minimum atomic E-state index is -0.191. The van der Waals surface area contributed by atoms with Gasteiger partial charge in [-0.2, -0.15) is 0 Å². The first kappa shape index (κ1) is 29.3. The Hall–Kier alpha value is -4.23. The SMILES string of the molecule is C#CCN(Cc1cc2c(=O)n(C)c(CN3CCN(C)CC3)nc2cc1Cl)c1ccc(C(=O)NCc2ccccn2)cc1. The Morgan fingerprint density at radius 2 is 1.86 bits per heavy atom. The van der Waals surface area contributed by atoms with Gasteiger partial charge in [0.1, 0.15) is 5.82 Å². The van der Waals surface area contributed by atoms with Crippen molar-refractivity contribution in [1.82, 2.24) is 29.7 Å². The van der Waals surface area contributed by atoms with E-state index in [1.807, 2.05) is 41.3 Å². The second-order valence-corrected chi connectivity index (χ2v) is 11.0. The molecule has 216 valence electrons. The van der Waals surface area contributed by atoms with Gasteiger partial charge in [-0.25, -0.2) is 4.98 Å². The molecule has 0 atom stereocenters. The fraction of sp³-hybridized carbons (Fsp3) is 0.312. The van der Waals surface area contributed by atoms with Crippen LogP contribution in [0.4, 0.5) is 5.69 Å². The normalized spacial score (nSPS) is 14.0. The van der Waals surface area contributed by atoms with Crippen molar-refractivity contribution in [3.05, 3.63) is 98.8 Å². The molecule has 5 rings (SSSR count). The number of anilines is 1. The summed E-state index contributed by atoms with van der Waals surface area (Å²) in [6.45, 7) is 5.52. The molecular formula is C32H34ClN7O2. The van der Waals surface area contributed by atoms with Crippen LogP contribution in [0.15, 0.2) is 65.6 Å². The Balaban J connectivity index is 1.33. The van der Waals surface area contributed by atoms with E-state index in [2.05, 4.69) is 33.1 Å². The van der Waals surface area contributed by atoms with E-state index < -0.39 is 0 Å². The average Bonchev–Trinajstić information content (AvgIpc) is 3.00. The predicted octanol–water partition coefficient (Wildman–Crippen LogP) is 3.30. The fourth-order valence-electron chi connectivity index (χ4n) is 5.01. The number of nitrogens with one attached hydrogen (secondary N) is 1. The molecule has 1 aliphatic rings. The monoisotopic (exact) mass is 583 g/mol. The van der Waals surface area contributed by atoms with Crippen LogP contribution in [0.5, 0.6) is 0 Å². The number of hydrogen-bond acceptors (Lipinski definition) is 7. The van der Waals surface area contributed by atoms with E-state index in [1.165, 1.54) is 0 Å². The molecule has 0 saturated carbocycles. The molecule has 1 saturated heterocycles. The molecular weight excluding hydrogens is 550 g/mol. The number of terminal acetylenes is 1. The Bertz CT molecular complexity index is 1660. The number of carbonyl (C=O) groups is 1. The molecule has 0 spiro atoms. The lowest BCUT2D eigenvalue weighted by Crippen LogP contribution is -2.44. The third-order valence-corrected chi connectivity index (χ3v) is 7.94. The predicted molar refractivity (Wildman–Crippen MR) is 167 cm³/mol. The number of piperazine rings is 1. The average molecular weight is 584 g/mol. The Morgan fingerprint density at radius 1 is 1.10 bits per heavy atom. The molecule has 0 unspecified atom stereocenters. The number of carbonyl (C=O) groups excluding carboxylic acids is 1. The molecule has 1 amide bonds. The maximum Gasteiger partial charge on any atom is 0.261 e. The second-order valence-electron chi connectivity index (χ2n) is 10.5. The van der Waals surface area contributed by atoms with Crippen LogP contribution in [0.25, 0.3) is 10.9 Å². The van der Waals surface area contributed by atoms with Crippen molar-refractivity contribution in [3.8, 4) is 12.3 Å². The number of halogens is 1. The van der Waals surface area contributed by atoms with Crippen molar-refractivity contribution in [1.29, 1.82) is 0 Å². The molecule has 1 aliphatic heterocycles. The zero-order valence-electron chi connectivity index (χ0n) is 23.9. The van der Waals surface area contributed by atoms with Crippen LogP contribution in [0.1, 0.15) is 27.4 Å². The van der Waals surface area contributed by atoms with Gasteiger partial charge in [0, 0.05) is 62.2 Å². The summed E-state index contributed by atoms with van der Waals surface area (Å²) in [7, 11) is 3.89. The molecule has 4 aromatic rings. The molecule has 2 aromatic carbocycles. The Morgan fingerprint density at radius 3 is 2.55 bits per heavy atom. The summed E-state index contributed by atoms with van der Waals surface area (Å²) in [5.74, 6) is 3.23. The highest BCUT2D eigenvalue weighted by Gasteiger charge is 2.19. The number of likely N-dealkylation sites (N-methyl/N-ethyl adjacent to an activating group) is 1. The summed E-state index contributed by atoms with van der Waals surface area (Å²) in [6, 6.07) is 16.4. The molecule has 1 N–H and O–H groups in total. The first-order chi connectivity index (χ1) is 20.3. The number of aromatic nitrogens is 3. The molecule has 42 heavy (non-hydrogen) atoms. The molecule has 2 aromatic heterocycles. The highest BCUT2D eigenvalue weighted by atomic mass is 35.5. The van der Waals surface area contributed by atoms with Crippen LogP contribution < -0.4 is 15.8 Å². The lowest BCUT2D eigenvalue weighted by molar-refractivity contribution is 0.0950. The number of fused-ring (bicyclic) bond motifs is 1. The van der Waals surface area contributed by atoms with Crippen molar-refractivity contribution in [2.24, 2.45) is 7.05 Å². The topological polar surface area (TPSA) is 86.6 Å². The van der Waals surface area contributed by atoms with Gasteiger partial charge < -0.3 is 15.1 Å². The minimum absolute atomic E-state index is 0.105. The number of benzene rings is 2. The summed E-state index contributed by atoms with van der Waals surface area (Å²) < 4.78 is 1.63. The zero-order valence-corrected chi connectivity index (χ0v) is 24.6. The van der Waals surface area contributed by atoms with E-state index >= 15 is 0 Å². The molecule has 0 radical (unpaired) electrons. The summed E-state index contributed by atoms with van der Waals surface area (Å²) in [4.78, 5) is 41.7. The van der Waals surface area contributed by atoms with Gasteiger partial charge in [0.15, 0.2) is 0 Å². The quantitative estimate of drug-likeness (QED) is 0.303. The molecule has 10 heteroatoms. The maximum atomic E-state index is 13.4. The van der Waals surface area contributed by atoms with Crippen LogP contribution in [-0.4, -0.2) is 70.0 Å². The van der Waals surface area contributed by atoms with Crippen molar-refractivity contribution in [2.75, 3.05) is 44.7 Å². The van der Waals surface area contributed by atoms with E-state index in [0.29, 0.717) is 47.7 Å². The standard InChI is InChI=1S/C32H34ClN7O2/c1-4-13-40(26-10-8-23(9-11-26)31(41)35-20-25-7-5-6-12-34-25)21-24-18-27-29(19-28(24)33)36-30(38(3)32(27)42)22-39-16-14-37(2)15-17-39/h1,5-12,18-19H,13-17,20-22H2,2-3H3,(H,35,41). The van der Waals surface area contributed by atoms with Gasteiger partial charge in [0.2, 0.25) is 0 Å². The first-order valence-corrected chi connectivity index (χ1v) is 14.3. The van der Waals surface area contributed by atoms with Gasteiger partial charge in [0.25, 0.3) is 11.5 Å². The lowest BCUT2D eigenvalue weighted by atomic mass is 10.1. The third kappa shape index (κ3) is 6.80. The number of nitrogens with zero attached hydrogens (tertiary/aromatic N) is 6. The van der Waals surface area contributed by atoms with E-state index in [9.17, 15) is 9.59 Å². The van der Waals surface area contributed by atoms with E-state index in [1.54, 1.807) is 36.0 Å². The number of pyridine rings is 1. The minimum Gasteiger partial charge on any atom is -0.356 e. The van der Waals surface area contributed by atoms with Crippen LogP contribution in [0.2, 0.25) is 5.02 Å². The van der Waals surface area contributed by atoms with E-state index in [4.69, 9.17) is 23.0 Å². The summed E-state index contributed by atoms with van der Waals surface area (Å²) in [6.07, 6.45) is 7.40. The first-order valence-electron chi connectivity index (χ1n) is 13.9. The van der Waals surface area contributed by atoms with Gasteiger partial charge in [-0.05, 0) is 61.1 Å². The van der Waals surface area contributed by atoms with Gasteiger partial charge >= 0.3 is 0 Å². The van der Waals surface area contributed by atoms with Crippen LogP contribution in [0.3, 0.4) is 0 Å². The largest absolute Gasteiger partial charge is 0.356 e. The molecule has 1 fully saturated rings. The highest BCUT2D eigenvalue weighted by Crippen LogP contribution is 2.26. The molecule has 9 nitrogen and oxygen atoms in total. The lowest BCUT2D eigenvalue weighted by Gasteiger charge is -2.32. The Kier molecular flexibility index (Phi) is 9.18. The fourth-order valence-corrected chi connectivity index (χ4v) is 5.22. The third-order valence-electron chi connectivity index (χ3n) is 7.59. The van der Waals surface area contributed by atoms with Gasteiger partial charge in [-0.1, -0.05) is 23.6 Å². The maximum absolute atomic E-state index is 13.4. The summed E-state index contributed by atoms with van der Waals surface area (Å²) in [5, 5.41) is 3.91. The van der Waals surface area contributed by atoms with Gasteiger partial charge in [0.05, 0.1) is 36.2 Å². The van der Waals surface area contributed by atoms with Crippen molar-refractivity contribution < 1.29 is 4.79 Å². The van der Waals surface area contributed by atoms with Crippen LogP contribution in [-0.2, 0) is 26.7 Å². The van der Waals surface area contributed by atoms with Gasteiger partial charge in [-0.3, -0.25) is 24.0 Å². The van der Waals surface area contributed by atoms with Crippen molar-refractivity contribution in [3.63, 3.8) is 0 Å². The van der Waals surface area contributed by atoms with Crippen LogP contribution in [0, 0.1) is 12.3 Å². The zero-order chi connectivity index (χ0) is 29.6.